The Bertz CT molecular complexity index is 1100. The minimum absolute atomic E-state index is 0.0433. The maximum atomic E-state index is 12.7. The van der Waals surface area contributed by atoms with Gasteiger partial charge in [0.1, 0.15) is 6.61 Å². The summed E-state index contributed by atoms with van der Waals surface area (Å²) in [6, 6.07) is 5.49. The lowest BCUT2D eigenvalue weighted by Gasteiger charge is -2.28. The molecular weight excluding hydrogens is 392 g/mol. The second-order valence-corrected chi connectivity index (χ2v) is 6.57. The average Bonchev–Trinajstić information content (AvgIpc) is 2.74. The molecule has 2 N–H and O–H groups in total. The van der Waals surface area contributed by atoms with E-state index in [4.69, 9.17) is 9.47 Å². The van der Waals surface area contributed by atoms with E-state index in [0.29, 0.717) is 17.2 Å². The summed E-state index contributed by atoms with van der Waals surface area (Å²) in [5, 5.41) is 9.85. The first kappa shape index (κ1) is 21.0. The van der Waals surface area contributed by atoms with Crippen molar-refractivity contribution in [1.29, 1.82) is 0 Å². The van der Waals surface area contributed by atoms with E-state index in [1.807, 2.05) is 0 Å². The number of aromatic nitrogens is 2. The third-order valence-corrected chi connectivity index (χ3v) is 4.64. The van der Waals surface area contributed by atoms with Crippen molar-refractivity contribution in [1.82, 2.24) is 20.4 Å². The molecule has 1 aliphatic rings. The number of ether oxygens (including phenoxy) is 2. The molecule has 1 aromatic carbocycles. The van der Waals surface area contributed by atoms with Crippen LogP contribution in [0, 0.1) is 0 Å². The van der Waals surface area contributed by atoms with Gasteiger partial charge in [0.05, 0.1) is 29.3 Å². The number of benzene rings is 1. The minimum Gasteiger partial charge on any atom is -0.463 e. The number of nitrogens with zero attached hydrogens (tertiary/aromatic N) is 2. The van der Waals surface area contributed by atoms with Gasteiger partial charge in [-0.15, -0.1) is 0 Å². The third kappa shape index (κ3) is 4.02. The van der Waals surface area contributed by atoms with Crippen LogP contribution < -0.4 is 16.2 Å². The van der Waals surface area contributed by atoms with E-state index in [9.17, 15) is 19.2 Å². The first-order valence-corrected chi connectivity index (χ1v) is 9.48. The Morgan fingerprint density at radius 1 is 1.10 bits per heavy atom. The van der Waals surface area contributed by atoms with Crippen molar-refractivity contribution >= 4 is 28.7 Å². The fourth-order valence-corrected chi connectivity index (χ4v) is 3.23. The molecule has 2 aromatic rings. The van der Waals surface area contributed by atoms with Crippen LogP contribution in [0.1, 0.15) is 30.8 Å². The van der Waals surface area contributed by atoms with Crippen molar-refractivity contribution in [3.63, 3.8) is 0 Å². The van der Waals surface area contributed by atoms with E-state index in [2.05, 4.69) is 15.7 Å². The summed E-state index contributed by atoms with van der Waals surface area (Å²) in [4.78, 5) is 49.3. The number of carbonyl (C=O) groups is 3. The Labute approximate surface area is 171 Å². The quantitative estimate of drug-likeness (QED) is 0.675. The van der Waals surface area contributed by atoms with Crippen molar-refractivity contribution < 1.29 is 23.9 Å². The van der Waals surface area contributed by atoms with Crippen LogP contribution in [0.4, 0.5) is 4.79 Å². The lowest BCUT2D eigenvalue weighted by atomic mass is 10.0. The van der Waals surface area contributed by atoms with E-state index in [1.165, 1.54) is 7.05 Å². The van der Waals surface area contributed by atoms with Crippen molar-refractivity contribution in [2.24, 2.45) is 7.05 Å². The van der Waals surface area contributed by atoms with Gasteiger partial charge < -0.3 is 20.1 Å². The lowest BCUT2D eigenvalue weighted by Crippen LogP contribution is -2.51. The normalized spacial score (nSPS) is 16.1. The summed E-state index contributed by atoms with van der Waals surface area (Å²) in [6.45, 7) is 3.27. The van der Waals surface area contributed by atoms with Crippen molar-refractivity contribution in [2.75, 3.05) is 13.2 Å². The number of hydrogen-bond acceptors (Lipinski definition) is 7. The number of aryl methyl sites for hydroxylation is 1. The van der Waals surface area contributed by atoms with Gasteiger partial charge in [-0.25, -0.2) is 19.1 Å². The molecule has 1 atom stereocenters. The summed E-state index contributed by atoms with van der Waals surface area (Å²) in [6.07, 6.45) is 0.450. The Hall–Kier alpha value is -3.69. The maximum absolute atomic E-state index is 12.7. The van der Waals surface area contributed by atoms with E-state index in [0.717, 1.165) is 4.68 Å². The molecule has 3 rings (SSSR count). The van der Waals surface area contributed by atoms with Gasteiger partial charge in [0.25, 0.3) is 5.56 Å². The molecule has 10 heteroatoms. The van der Waals surface area contributed by atoms with E-state index >= 15 is 0 Å². The number of nitrogens with one attached hydrogen (secondary N) is 2. The number of carbonyl (C=O) groups excluding carboxylic acids is 3. The van der Waals surface area contributed by atoms with Gasteiger partial charge in [-0.05, 0) is 19.4 Å². The van der Waals surface area contributed by atoms with Gasteiger partial charge in [0, 0.05) is 12.4 Å². The highest BCUT2D eigenvalue weighted by Crippen LogP contribution is 2.19. The van der Waals surface area contributed by atoms with Gasteiger partial charge >= 0.3 is 18.0 Å². The van der Waals surface area contributed by atoms with Crippen LogP contribution in [0.2, 0.25) is 0 Å². The van der Waals surface area contributed by atoms with Gasteiger partial charge in [0.15, 0.2) is 5.69 Å². The average molecular weight is 414 g/mol. The second kappa shape index (κ2) is 8.76. The molecule has 30 heavy (non-hydrogen) atoms. The first-order valence-electron chi connectivity index (χ1n) is 9.48. The van der Waals surface area contributed by atoms with Crippen LogP contribution in [0.3, 0.4) is 0 Å². The summed E-state index contributed by atoms with van der Waals surface area (Å²) in [7, 11) is 1.44. The van der Waals surface area contributed by atoms with Crippen molar-refractivity contribution in [3.8, 4) is 0 Å². The Balaban J connectivity index is 1.93. The van der Waals surface area contributed by atoms with Gasteiger partial charge in [0.2, 0.25) is 0 Å². The van der Waals surface area contributed by atoms with Crippen LogP contribution >= 0.6 is 0 Å². The zero-order valence-electron chi connectivity index (χ0n) is 16.9. The summed E-state index contributed by atoms with van der Waals surface area (Å²) in [5.41, 5.74) is -0.0410. The van der Waals surface area contributed by atoms with Gasteiger partial charge in [-0.1, -0.05) is 25.1 Å². The second-order valence-electron chi connectivity index (χ2n) is 6.57. The molecule has 0 fully saturated rings. The number of urea groups is 1. The molecule has 0 bridgehead atoms. The molecule has 0 saturated heterocycles. The topological polar surface area (TPSA) is 129 Å². The fourth-order valence-electron chi connectivity index (χ4n) is 3.23. The smallest absolute Gasteiger partial charge is 0.359 e. The largest absolute Gasteiger partial charge is 0.463 e. The fraction of sp³-hybridized carbons (Fsp3) is 0.350. The molecule has 0 radical (unpaired) electrons. The van der Waals surface area contributed by atoms with Crippen LogP contribution in [0.5, 0.6) is 0 Å². The Morgan fingerprint density at radius 3 is 2.47 bits per heavy atom. The predicted molar refractivity (Wildman–Crippen MR) is 107 cm³/mol. The van der Waals surface area contributed by atoms with Gasteiger partial charge in [-0.3, -0.25) is 4.79 Å². The van der Waals surface area contributed by atoms with Gasteiger partial charge in [-0.2, -0.15) is 5.10 Å². The van der Waals surface area contributed by atoms with Crippen LogP contribution in [0.25, 0.3) is 10.8 Å². The molecule has 10 nitrogen and oxygen atoms in total. The zero-order valence-corrected chi connectivity index (χ0v) is 16.9. The molecule has 1 aliphatic heterocycles. The monoisotopic (exact) mass is 414 g/mol. The molecule has 0 unspecified atom stereocenters. The maximum Gasteiger partial charge on any atom is 0.359 e. The molecule has 0 spiro atoms. The SMILES string of the molecule is CCOC(=O)C1=C(COC(=O)c2nn(C)c(=O)c3ccccc23)NC(=O)N[C@@H]1CC. The molecule has 158 valence electrons. The number of amides is 2. The standard InChI is InChI=1S/C20H22N4O6/c1-4-13-15(18(26)29-5-2)14(22-20(28)21-13)10-30-19(27)16-11-8-6-7-9-12(11)17(25)24(3)23-16/h6-9,13H,4-5,10H2,1-3H3,(H2,21,22,28)/t13-/m1/s1. The number of fused-ring (bicyclic) bond motifs is 1. The highest BCUT2D eigenvalue weighted by Gasteiger charge is 2.32. The molecule has 2 heterocycles. The summed E-state index contributed by atoms with van der Waals surface area (Å²) < 4.78 is 11.5. The van der Waals surface area contributed by atoms with E-state index < -0.39 is 24.0 Å². The van der Waals surface area contributed by atoms with Crippen molar-refractivity contribution in [3.05, 3.63) is 51.6 Å². The highest BCUT2D eigenvalue weighted by molar-refractivity contribution is 6.02. The molecule has 0 saturated carbocycles. The van der Waals surface area contributed by atoms with E-state index in [-0.39, 0.29) is 35.7 Å². The number of rotatable bonds is 6. The molecule has 0 aliphatic carbocycles. The minimum atomic E-state index is -0.793. The first-order chi connectivity index (χ1) is 14.4. The lowest BCUT2D eigenvalue weighted by molar-refractivity contribution is -0.139. The van der Waals surface area contributed by atoms with Crippen LogP contribution in [0.15, 0.2) is 40.3 Å². The molecule has 1 aromatic heterocycles. The van der Waals surface area contributed by atoms with Crippen LogP contribution in [-0.2, 0) is 21.3 Å². The predicted octanol–water partition coefficient (Wildman–Crippen LogP) is 0.999. The third-order valence-electron chi connectivity index (χ3n) is 4.64. The summed E-state index contributed by atoms with van der Waals surface area (Å²) >= 11 is 0. The summed E-state index contributed by atoms with van der Waals surface area (Å²) in [5.74, 6) is -1.40. The molecular formula is C20H22N4O6. The number of esters is 2. The van der Waals surface area contributed by atoms with Crippen molar-refractivity contribution in [2.45, 2.75) is 26.3 Å². The Morgan fingerprint density at radius 2 is 1.80 bits per heavy atom. The Kier molecular flexibility index (Phi) is 6.14. The molecule has 2 amide bonds. The highest BCUT2D eigenvalue weighted by atomic mass is 16.5. The zero-order chi connectivity index (χ0) is 21.8. The van der Waals surface area contributed by atoms with Crippen LogP contribution in [-0.4, -0.2) is 47.0 Å². The number of hydrogen-bond donors (Lipinski definition) is 2. The van der Waals surface area contributed by atoms with E-state index in [1.54, 1.807) is 38.1 Å².